The lowest BCUT2D eigenvalue weighted by Gasteiger charge is -2.18. The van der Waals surface area contributed by atoms with Crippen LogP contribution in [-0.2, 0) is 4.74 Å². The highest BCUT2D eigenvalue weighted by molar-refractivity contribution is 5.19. The molecular formula is C11H19N3O. The molecule has 0 bridgehead atoms. The molecular weight excluding hydrogens is 190 g/mol. The highest BCUT2D eigenvalue weighted by atomic mass is 16.5. The number of hydrogen-bond acceptors (Lipinski definition) is 4. The molecule has 1 unspecified atom stereocenters. The van der Waals surface area contributed by atoms with E-state index in [1.54, 1.807) is 6.20 Å². The zero-order chi connectivity index (χ0) is 11.3. The normalized spacial score (nSPS) is 13.1. The Morgan fingerprint density at radius 3 is 2.80 bits per heavy atom. The number of aromatic nitrogens is 1. The van der Waals surface area contributed by atoms with E-state index in [0.29, 0.717) is 6.61 Å². The van der Waals surface area contributed by atoms with Crippen molar-refractivity contribution in [3.05, 3.63) is 29.6 Å². The summed E-state index contributed by atoms with van der Waals surface area (Å²) in [5.74, 6) is 5.49. The maximum Gasteiger partial charge on any atom is 0.0695 e. The van der Waals surface area contributed by atoms with Gasteiger partial charge in [-0.05, 0) is 38.5 Å². The zero-order valence-electron chi connectivity index (χ0n) is 9.53. The van der Waals surface area contributed by atoms with Crippen molar-refractivity contribution in [3.63, 3.8) is 0 Å². The lowest BCUT2D eigenvalue weighted by molar-refractivity contribution is 0.0611. The van der Waals surface area contributed by atoms with Crippen LogP contribution in [0.5, 0.6) is 0 Å². The number of nitrogens with one attached hydrogen (secondary N) is 1. The minimum absolute atomic E-state index is 0.0223. The van der Waals surface area contributed by atoms with E-state index in [0.717, 1.165) is 11.3 Å². The van der Waals surface area contributed by atoms with Crippen LogP contribution < -0.4 is 11.3 Å². The fourth-order valence-electron chi connectivity index (χ4n) is 1.31. The van der Waals surface area contributed by atoms with Crippen LogP contribution in [0.25, 0.3) is 0 Å². The molecule has 0 aliphatic rings. The molecule has 0 amide bonds. The van der Waals surface area contributed by atoms with E-state index in [9.17, 15) is 0 Å². The minimum atomic E-state index is 0.0223. The molecule has 0 aromatic carbocycles. The molecule has 3 N–H and O–H groups in total. The fraction of sp³-hybridized carbons (Fsp3) is 0.545. The molecule has 0 aliphatic heterocycles. The van der Waals surface area contributed by atoms with Gasteiger partial charge in [-0.3, -0.25) is 16.3 Å². The summed E-state index contributed by atoms with van der Waals surface area (Å²) >= 11 is 0. The van der Waals surface area contributed by atoms with Crippen LogP contribution in [0.1, 0.15) is 31.1 Å². The molecule has 4 nitrogen and oxygen atoms in total. The number of hydrazine groups is 1. The summed E-state index contributed by atoms with van der Waals surface area (Å²) in [6.45, 7) is 6.54. The Balaban J connectivity index is 2.65. The molecule has 15 heavy (non-hydrogen) atoms. The second-order valence-corrected chi connectivity index (χ2v) is 3.83. The van der Waals surface area contributed by atoms with Gasteiger partial charge in [0, 0.05) is 11.9 Å². The second kappa shape index (κ2) is 5.80. The molecule has 4 heteroatoms. The number of rotatable bonds is 5. The summed E-state index contributed by atoms with van der Waals surface area (Å²) in [5, 5.41) is 0. The van der Waals surface area contributed by atoms with Crippen LogP contribution in [0, 0.1) is 6.92 Å². The summed E-state index contributed by atoms with van der Waals surface area (Å²) in [5.41, 5.74) is 4.83. The van der Waals surface area contributed by atoms with E-state index in [1.165, 1.54) is 0 Å². The van der Waals surface area contributed by atoms with Crippen LogP contribution >= 0.6 is 0 Å². The standard InChI is InChI=1S/C11H19N3O/c1-8(2)15-7-11(14-12)10-4-5-13-9(3)6-10/h4-6,8,11,14H,7,12H2,1-3H3. The smallest absolute Gasteiger partial charge is 0.0695 e. The van der Waals surface area contributed by atoms with Crippen molar-refractivity contribution in [2.45, 2.75) is 32.9 Å². The Kier molecular flexibility index (Phi) is 4.68. The predicted octanol–water partition coefficient (Wildman–Crippen LogP) is 1.32. The van der Waals surface area contributed by atoms with Crippen LogP contribution in [0.4, 0.5) is 0 Å². The molecule has 1 aromatic heterocycles. The van der Waals surface area contributed by atoms with Crippen molar-refractivity contribution < 1.29 is 4.74 Å². The number of nitrogens with two attached hydrogens (primary N) is 1. The van der Waals surface area contributed by atoms with Crippen molar-refractivity contribution in [3.8, 4) is 0 Å². The van der Waals surface area contributed by atoms with Gasteiger partial charge in [-0.15, -0.1) is 0 Å². The van der Waals surface area contributed by atoms with Crippen LogP contribution in [-0.4, -0.2) is 17.7 Å². The van der Waals surface area contributed by atoms with Crippen molar-refractivity contribution >= 4 is 0 Å². The highest BCUT2D eigenvalue weighted by Crippen LogP contribution is 2.13. The first-order chi connectivity index (χ1) is 7.13. The van der Waals surface area contributed by atoms with Gasteiger partial charge in [-0.2, -0.15) is 0 Å². The monoisotopic (exact) mass is 209 g/mol. The summed E-state index contributed by atoms with van der Waals surface area (Å²) in [7, 11) is 0. The molecule has 84 valence electrons. The summed E-state index contributed by atoms with van der Waals surface area (Å²) in [6.07, 6.45) is 1.99. The molecule has 1 atom stereocenters. The molecule has 0 aliphatic carbocycles. The van der Waals surface area contributed by atoms with Gasteiger partial charge in [0.2, 0.25) is 0 Å². The van der Waals surface area contributed by atoms with Crippen molar-refractivity contribution in [2.24, 2.45) is 5.84 Å². The predicted molar refractivity (Wildman–Crippen MR) is 60.1 cm³/mol. The van der Waals surface area contributed by atoms with Crippen LogP contribution in [0.2, 0.25) is 0 Å². The quantitative estimate of drug-likeness (QED) is 0.567. The Morgan fingerprint density at radius 1 is 1.53 bits per heavy atom. The van der Waals surface area contributed by atoms with Crippen molar-refractivity contribution in [1.82, 2.24) is 10.4 Å². The molecule has 1 heterocycles. The summed E-state index contributed by atoms with van der Waals surface area (Å²) < 4.78 is 5.53. The van der Waals surface area contributed by atoms with Crippen LogP contribution in [0.3, 0.4) is 0 Å². The maximum absolute atomic E-state index is 5.53. The number of hydrogen-bond donors (Lipinski definition) is 2. The summed E-state index contributed by atoms with van der Waals surface area (Å²) in [4.78, 5) is 4.14. The van der Waals surface area contributed by atoms with E-state index >= 15 is 0 Å². The maximum atomic E-state index is 5.53. The number of pyridine rings is 1. The molecule has 0 fully saturated rings. The third kappa shape index (κ3) is 3.95. The lowest BCUT2D eigenvalue weighted by atomic mass is 10.1. The van der Waals surface area contributed by atoms with Crippen molar-refractivity contribution in [1.29, 1.82) is 0 Å². The Bertz CT molecular complexity index is 302. The molecule has 1 rings (SSSR count). The van der Waals surface area contributed by atoms with Gasteiger partial charge in [0.05, 0.1) is 18.8 Å². The van der Waals surface area contributed by atoms with Crippen molar-refractivity contribution in [2.75, 3.05) is 6.61 Å². The SMILES string of the molecule is Cc1cc(C(COC(C)C)NN)ccn1. The highest BCUT2D eigenvalue weighted by Gasteiger charge is 2.10. The Morgan fingerprint density at radius 2 is 2.27 bits per heavy atom. The third-order valence-electron chi connectivity index (χ3n) is 2.12. The lowest BCUT2D eigenvalue weighted by Crippen LogP contribution is -2.32. The zero-order valence-corrected chi connectivity index (χ0v) is 9.53. The van der Waals surface area contributed by atoms with Gasteiger partial charge >= 0.3 is 0 Å². The van der Waals surface area contributed by atoms with Gasteiger partial charge in [0.15, 0.2) is 0 Å². The van der Waals surface area contributed by atoms with E-state index < -0.39 is 0 Å². The second-order valence-electron chi connectivity index (χ2n) is 3.83. The first kappa shape index (κ1) is 12.1. The van der Waals surface area contributed by atoms with E-state index in [1.807, 2.05) is 32.9 Å². The van der Waals surface area contributed by atoms with E-state index in [2.05, 4.69) is 10.4 Å². The van der Waals surface area contributed by atoms with Gasteiger partial charge < -0.3 is 4.74 Å². The molecule has 0 saturated heterocycles. The fourth-order valence-corrected chi connectivity index (χ4v) is 1.31. The average Bonchev–Trinajstić information content (AvgIpc) is 2.18. The Hall–Kier alpha value is -0.970. The first-order valence-corrected chi connectivity index (χ1v) is 5.13. The number of aryl methyl sites for hydroxylation is 1. The summed E-state index contributed by atoms with van der Waals surface area (Å²) in [6, 6.07) is 3.98. The average molecular weight is 209 g/mol. The third-order valence-corrected chi connectivity index (χ3v) is 2.12. The molecule has 1 aromatic rings. The molecule has 0 spiro atoms. The van der Waals surface area contributed by atoms with Gasteiger partial charge in [-0.1, -0.05) is 0 Å². The first-order valence-electron chi connectivity index (χ1n) is 5.13. The van der Waals surface area contributed by atoms with Gasteiger partial charge in [-0.25, -0.2) is 0 Å². The van der Waals surface area contributed by atoms with Gasteiger partial charge in [0.25, 0.3) is 0 Å². The molecule has 0 saturated carbocycles. The largest absolute Gasteiger partial charge is 0.377 e. The molecule has 0 radical (unpaired) electrons. The van der Waals surface area contributed by atoms with E-state index in [-0.39, 0.29) is 12.1 Å². The minimum Gasteiger partial charge on any atom is -0.377 e. The van der Waals surface area contributed by atoms with Gasteiger partial charge in [0.1, 0.15) is 0 Å². The topological polar surface area (TPSA) is 60.2 Å². The number of nitrogens with zero attached hydrogens (tertiary/aromatic N) is 1. The van der Waals surface area contributed by atoms with Crippen LogP contribution in [0.15, 0.2) is 18.3 Å². The van der Waals surface area contributed by atoms with E-state index in [4.69, 9.17) is 10.6 Å². The number of ether oxygens (including phenoxy) is 1. The Labute approximate surface area is 90.8 Å².